The first-order valence-corrected chi connectivity index (χ1v) is 8.65. The number of thioether (sulfide) groups is 1. The molecule has 21 heavy (non-hydrogen) atoms. The van der Waals surface area contributed by atoms with E-state index in [1.54, 1.807) is 4.90 Å². The van der Waals surface area contributed by atoms with Crippen LogP contribution in [0.5, 0.6) is 0 Å². The van der Waals surface area contributed by atoms with Crippen LogP contribution in [0.1, 0.15) is 12.8 Å². The number of piperazine rings is 1. The first-order valence-electron chi connectivity index (χ1n) is 7.43. The second kappa shape index (κ2) is 6.64. The highest BCUT2D eigenvalue weighted by molar-refractivity contribution is 8.26. The first-order chi connectivity index (χ1) is 10.1. The van der Waals surface area contributed by atoms with Crippen molar-refractivity contribution < 1.29 is 9.53 Å². The number of hydrogen-bond donors (Lipinski definition) is 0. The summed E-state index contributed by atoms with van der Waals surface area (Å²) in [4.78, 5) is 19.5. The molecule has 1 atom stereocenters. The monoisotopic (exact) mass is 327 g/mol. The maximum Gasteiger partial charge on any atom is 0.267 e. The number of amides is 1. The van der Waals surface area contributed by atoms with Gasteiger partial charge in [-0.3, -0.25) is 9.69 Å². The van der Waals surface area contributed by atoms with Gasteiger partial charge < -0.3 is 14.5 Å². The van der Waals surface area contributed by atoms with Crippen molar-refractivity contribution in [2.24, 2.45) is 0 Å². The zero-order valence-corrected chi connectivity index (χ0v) is 13.9. The van der Waals surface area contributed by atoms with Crippen molar-refractivity contribution in [1.82, 2.24) is 14.7 Å². The smallest absolute Gasteiger partial charge is 0.267 e. The summed E-state index contributed by atoms with van der Waals surface area (Å²) in [5.74, 6) is 0.0411. The number of nitrogens with zero attached hydrogens (tertiary/aromatic N) is 3. The van der Waals surface area contributed by atoms with Crippen LogP contribution in [0.15, 0.2) is 11.1 Å². The van der Waals surface area contributed by atoms with Gasteiger partial charge >= 0.3 is 0 Å². The molecule has 0 saturated carbocycles. The predicted molar refractivity (Wildman–Crippen MR) is 88.0 cm³/mol. The lowest BCUT2D eigenvalue weighted by molar-refractivity contribution is -0.123. The van der Waals surface area contributed by atoms with Crippen molar-refractivity contribution in [1.29, 1.82) is 0 Å². The van der Waals surface area contributed by atoms with Crippen molar-refractivity contribution in [3.63, 3.8) is 0 Å². The summed E-state index contributed by atoms with van der Waals surface area (Å²) in [6.45, 7) is 5.40. The molecule has 3 heterocycles. The molecule has 1 amide bonds. The topological polar surface area (TPSA) is 36.0 Å². The van der Waals surface area contributed by atoms with Crippen LogP contribution in [0.25, 0.3) is 0 Å². The Balaban J connectivity index is 1.62. The molecule has 0 aliphatic carbocycles. The summed E-state index contributed by atoms with van der Waals surface area (Å²) >= 11 is 6.78. The van der Waals surface area contributed by atoms with Gasteiger partial charge in [-0.05, 0) is 19.9 Å². The van der Waals surface area contributed by atoms with E-state index in [0.29, 0.717) is 10.9 Å². The number of thiocarbonyl (C=S) groups is 1. The van der Waals surface area contributed by atoms with Crippen molar-refractivity contribution in [2.75, 3.05) is 46.4 Å². The van der Waals surface area contributed by atoms with Crippen LogP contribution < -0.4 is 0 Å². The fourth-order valence-corrected chi connectivity index (χ4v) is 4.04. The second-order valence-corrected chi connectivity index (χ2v) is 7.43. The molecule has 7 heteroatoms. The Morgan fingerprint density at radius 2 is 2.14 bits per heavy atom. The number of rotatable bonds is 3. The molecule has 0 spiro atoms. The van der Waals surface area contributed by atoms with Crippen molar-refractivity contribution >= 4 is 34.2 Å². The molecule has 3 aliphatic rings. The Labute approximate surface area is 135 Å². The van der Waals surface area contributed by atoms with Crippen LogP contribution in [0, 0.1) is 0 Å². The van der Waals surface area contributed by atoms with E-state index in [9.17, 15) is 4.79 Å². The summed E-state index contributed by atoms with van der Waals surface area (Å²) in [6.07, 6.45) is 4.24. The highest BCUT2D eigenvalue weighted by atomic mass is 32.2. The maximum absolute atomic E-state index is 12.5. The standard InChI is InChI=1S/C14H21N3O2S2/c1-15-4-6-16(7-5-15)10-12-13(18)17(14(20)21-12)9-11-3-2-8-19-11/h10-11H,2-9H2,1H3/b12-10-/t11-/m1/s1. The highest BCUT2D eigenvalue weighted by Gasteiger charge is 2.35. The van der Waals surface area contributed by atoms with Crippen LogP contribution in [0.4, 0.5) is 0 Å². The third-order valence-corrected chi connectivity index (χ3v) is 5.49. The molecule has 0 radical (unpaired) electrons. The molecule has 116 valence electrons. The quantitative estimate of drug-likeness (QED) is 0.571. The average molecular weight is 327 g/mol. The Morgan fingerprint density at radius 3 is 2.81 bits per heavy atom. The van der Waals surface area contributed by atoms with E-state index < -0.39 is 0 Å². The third-order valence-electron chi connectivity index (χ3n) is 4.12. The summed E-state index contributed by atoms with van der Waals surface area (Å²) in [7, 11) is 2.12. The SMILES string of the molecule is CN1CCN(/C=C2\SC(=S)N(C[C@H]3CCCO3)C2=O)CC1. The van der Waals surface area contributed by atoms with E-state index >= 15 is 0 Å². The van der Waals surface area contributed by atoms with Crippen LogP contribution in [-0.4, -0.2) is 77.4 Å². The minimum atomic E-state index is 0.0411. The molecular formula is C14H21N3O2S2. The molecule has 0 bridgehead atoms. The number of ether oxygens (including phenoxy) is 1. The maximum atomic E-state index is 12.5. The van der Waals surface area contributed by atoms with Crippen LogP contribution in [0.3, 0.4) is 0 Å². The van der Waals surface area contributed by atoms with E-state index in [1.165, 1.54) is 11.8 Å². The molecule has 5 nitrogen and oxygen atoms in total. The third kappa shape index (κ3) is 3.59. The number of likely N-dealkylation sites (N-methyl/N-ethyl adjacent to an activating group) is 1. The highest BCUT2D eigenvalue weighted by Crippen LogP contribution is 2.32. The summed E-state index contributed by atoms with van der Waals surface area (Å²) in [5.41, 5.74) is 0. The van der Waals surface area contributed by atoms with Gasteiger partial charge in [0.25, 0.3) is 5.91 Å². The van der Waals surface area contributed by atoms with E-state index in [-0.39, 0.29) is 12.0 Å². The molecule has 0 aromatic heterocycles. The molecule has 3 fully saturated rings. The first kappa shape index (κ1) is 15.3. The fraction of sp³-hybridized carbons (Fsp3) is 0.714. The predicted octanol–water partition coefficient (Wildman–Crippen LogP) is 1.11. The molecule has 3 rings (SSSR count). The minimum Gasteiger partial charge on any atom is -0.376 e. The number of carbonyl (C=O) groups excluding carboxylic acids is 1. The zero-order valence-electron chi connectivity index (χ0n) is 12.3. The van der Waals surface area contributed by atoms with E-state index in [0.717, 1.165) is 50.5 Å². The van der Waals surface area contributed by atoms with Crippen molar-refractivity contribution in [3.05, 3.63) is 11.1 Å². The van der Waals surface area contributed by atoms with Gasteiger partial charge in [0.1, 0.15) is 4.32 Å². The van der Waals surface area contributed by atoms with Gasteiger partial charge in [-0.2, -0.15) is 0 Å². The molecule has 3 saturated heterocycles. The number of carbonyl (C=O) groups is 1. The lowest BCUT2D eigenvalue weighted by Crippen LogP contribution is -2.42. The molecule has 0 N–H and O–H groups in total. The summed E-state index contributed by atoms with van der Waals surface area (Å²) in [5, 5.41) is 0. The van der Waals surface area contributed by atoms with Crippen molar-refractivity contribution in [2.45, 2.75) is 18.9 Å². The van der Waals surface area contributed by atoms with Crippen LogP contribution >= 0.6 is 24.0 Å². The van der Waals surface area contributed by atoms with Gasteiger partial charge in [0, 0.05) is 39.0 Å². The Hall–Kier alpha value is -0.630. The Kier molecular flexibility index (Phi) is 4.83. The van der Waals surface area contributed by atoms with E-state index in [4.69, 9.17) is 17.0 Å². The van der Waals surface area contributed by atoms with Gasteiger partial charge in [0.15, 0.2) is 0 Å². The van der Waals surface area contributed by atoms with E-state index in [1.807, 2.05) is 6.20 Å². The van der Waals surface area contributed by atoms with Gasteiger partial charge in [-0.1, -0.05) is 24.0 Å². The minimum absolute atomic E-state index is 0.0411. The molecule has 3 aliphatic heterocycles. The number of hydrogen-bond acceptors (Lipinski definition) is 6. The van der Waals surface area contributed by atoms with Gasteiger partial charge in [0.2, 0.25) is 0 Å². The fourth-order valence-electron chi connectivity index (χ4n) is 2.76. The lowest BCUT2D eigenvalue weighted by atomic mass is 10.2. The molecule has 0 unspecified atom stereocenters. The van der Waals surface area contributed by atoms with Crippen molar-refractivity contribution in [3.8, 4) is 0 Å². The lowest BCUT2D eigenvalue weighted by Gasteiger charge is -2.31. The molecule has 0 aromatic carbocycles. The van der Waals surface area contributed by atoms with E-state index in [2.05, 4.69) is 16.8 Å². The Morgan fingerprint density at radius 1 is 1.38 bits per heavy atom. The second-order valence-electron chi connectivity index (χ2n) is 5.75. The normalized spacial score (nSPS) is 30.0. The van der Waals surface area contributed by atoms with Crippen LogP contribution in [-0.2, 0) is 9.53 Å². The van der Waals surface area contributed by atoms with Crippen LogP contribution in [0.2, 0.25) is 0 Å². The molecule has 0 aromatic rings. The summed E-state index contributed by atoms with van der Waals surface area (Å²) in [6, 6.07) is 0. The largest absolute Gasteiger partial charge is 0.376 e. The zero-order chi connectivity index (χ0) is 14.8. The van der Waals surface area contributed by atoms with Gasteiger partial charge in [-0.15, -0.1) is 0 Å². The van der Waals surface area contributed by atoms with Gasteiger partial charge in [0.05, 0.1) is 17.6 Å². The average Bonchev–Trinajstić information content (AvgIpc) is 3.06. The van der Waals surface area contributed by atoms with Gasteiger partial charge in [-0.25, -0.2) is 0 Å². The molecular weight excluding hydrogens is 306 g/mol. The Bertz CT molecular complexity index is 455. The summed E-state index contributed by atoms with van der Waals surface area (Å²) < 4.78 is 6.27.